The second-order valence-corrected chi connectivity index (χ2v) is 4.37. The molecule has 6 heteroatoms. The molecule has 1 rings (SSSR count). The highest BCUT2D eigenvalue weighted by Crippen LogP contribution is 2.07. The third-order valence-corrected chi connectivity index (χ3v) is 2.69. The van der Waals surface area contributed by atoms with Gasteiger partial charge in [0.2, 0.25) is 0 Å². The number of rotatable bonds is 11. The first kappa shape index (κ1) is 17.0. The predicted octanol–water partition coefficient (Wildman–Crippen LogP) is 0.578. The Morgan fingerprint density at radius 1 is 0.900 bits per heavy atom. The smallest absolute Gasteiger partial charge is 0.488 e. The lowest BCUT2D eigenvalue weighted by Gasteiger charge is -2.08. The minimum atomic E-state index is -1.44. The zero-order chi connectivity index (χ0) is 14.6. The van der Waals surface area contributed by atoms with Crippen LogP contribution in [0.4, 0.5) is 0 Å². The Labute approximate surface area is 120 Å². The molecule has 0 aliphatic carbocycles. The Morgan fingerprint density at radius 3 is 2.10 bits per heavy atom. The summed E-state index contributed by atoms with van der Waals surface area (Å²) in [6.45, 7) is 5.06. The minimum Gasteiger partial charge on any atom is -0.491 e. The number of unbranched alkanes of at least 4 members (excludes halogenated alkanes) is 1. The van der Waals surface area contributed by atoms with Gasteiger partial charge in [0.15, 0.2) is 0 Å². The van der Waals surface area contributed by atoms with Crippen LogP contribution in [0.25, 0.3) is 0 Å². The maximum atomic E-state index is 8.95. The molecule has 1 aromatic carbocycles. The second kappa shape index (κ2) is 10.7. The van der Waals surface area contributed by atoms with E-state index in [0.717, 1.165) is 19.4 Å². The van der Waals surface area contributed by atoms with Crippen molar-refractivity contribution in [1.82, 2.24) is 0 Å². The number of hydrogen-bond donors (Lipinski definition) is 2. The van der Waals surface area contributed by atoms with Crippen LogP contribution in [0, 0.1) is 0 Å². The van der Waals surface area contributed by atoms with Crippen LogP contribution in [0.3, 0.4) is 0 Å². The first-order valence-corrected chi connectivity index (χ1v) is 6.98. The Kier molecular flexibility index (Phi) is 9.07. The highest BCUT2D eigenvalue weighted by atomic mass is 16.5. The zero-order valence-electron chi connectivity index (χ0n) is 12.0. The summed E-state index contributed by atoms with van der Waals surface area (Å²) in [5.41, 5.74) is 0.442. The quantitative estimate of drug-likeness (QED) is 0.459. The van der Waals surface area contributed by atoms with Crippen molar-refractivity contribution in [2.75, 3.05) is 33.0 Å². The number of benzene rings is 1. The van der Waals surface area contributed by atoms with Gasteiger partial charge < -0.3 is 24.3 Å². The van der Waals surface area contributed by atoms with Gasteiger partial charge >= 0.3 is 7.12 Å². The molecule has 0 unspecified atom stereocenters. The SMILES string of the molecule is CCCCOCCOCCOc1ccc(B(O)O)cc1. The van der Waals surface area contributed by atoms with E-state index in [9.17, 15) is 0 Å². The molecule has 0 spiro atoms. The lowest BCUT2D eigenvalue weighted by atomic mass is 9.80. The van der Waals surface area contributed by atoms with Crippen LogP contribution in [0.1, 0.15) is 19.8 Å². The van der Waals surface area contributed by atoms with E-state index in [4.69, 9.17) is 24.3 Å². The summed E-state index contributed by atoms with van der Waals surface area (Å²) < 4.78 is 16.2. The molecule has 1 aromatic rings. The average molecular weight is 282 g/mol. The van der Waals surface area contributed by atoms with E-state index in [2.05, 4.69) is 6.92 Å². The van der Waals surface area contributed by atoms with Gasteiger partial charge in [0, 0.05) is 6.61 Å². The standard InChI is InChI=1S/C14H23BO5/c1-2-3-8-18-9-10-19-11-12-20-14-6-4-13(5-7-14)15(16)17/h4-7,16-17H,2-3,8-12H2,1H3. The summed E-state index contributed by atoms with van der Waals surface area (Å²) in [5.74, 6) is 0.678. The van der Waals surface area contributed by atoms with Crippen molar-refractivity contribution < 1.29 is 24.3 Å². The minimum absolute atomic E-state index is 0.442. The van der Waals surface area contributed by atoms with Crippen LogP contribution in [0.2, 0.25) is 0 Å². The van der Waals surface area contributed by atoms with Crippen molar-refractivity contribution in [1.29, 1.82) is 0 Å². The van der Waals surface area contributed by atoms with E-state index in [1.807, 2.05) is 0 Å². The van der Waals surface area contributed by atoms with Gasteiger partial charge in [-0.3, -0.25) is 0 Å². The number of ether oxygens (including phenoxy) is 3. The molecular weight excluding hydrogens is 259 g/mol. The molecule has 112 valence electrons. The Hall–Kier alpha value is -1.08. The van der Waals surface area contributed by atoms with Gasteiger partial charge in [0.1, 0.15) is 12.4 Å². The molecule has 2 N–H and O–H groups in total. The molecule has 0 aliphatic rings. The van der Waals surface area contributed by atoms with Crippen LogP contribution >= 0.6 is 0 Å². The average Bonchev–Trinajstić information content (AvgIpc) is 2.46. The topological polar surface area (TPSA) is 68.2 Å². The van der Waals surface area contributed by atoms with Gasteiger partial charge in [0.25, 0.3) is 0 Å². The lowest BCUT2D eigenvalue weighted by molar-refractivity contribution is 0.0356. The molecule has 0 radical (unpaired) electrons. The fourth-order valence-electron chi connectivity index (χ4n) is 1.52. The van der Waals surface area contributed by atoms with Crippen molar-refractivity contribution in [3.8, 4) is 5.75 Å². The van der Waals surface area contributed by atoms with Gasteiger partial charge in [-0.05, 0) is 24.0 Å². The summed E-state index contributed by atoms with van der Waals surface area (Å²) in [4.78, 5) is 0. The van der Waals surface area contributed by atoms with Crippen molar-refractivity contribution in [2.24, 2.45) is 0 Å². The van der Waals surface area contributed by atoms with Gasteiger partial charge in [-0.2, -0.15) is 0 Å². The van der Waals surface area contributed by atoms with Crippen molar-refractivity contribution in [2.45, 2.75) is 19.8 Å². The third kappa shape index (κ3) is 7.50. The van der Waals surface area contributed by atoms with Crippen LogP contribution in [-0.4, -0.2) is 50.2 Å². The van der Waals surface area contributed by atoms with Gasteiger partial charge in [0.05, 0.1) is 19.8 Å². The highest BCUT2D eigenvalue weighted by molar-refractivity contribution is 6.58. The predicted molar refractivity (Wildman–Crippen MR) is 78.3 cm³/mol. The molecule has 0 fully saturated rings. The molecule has 0 saturated carbocycles. The molecule has 0 atom stereocenters. The van der Waals surface area contributed by atoms with Crippen molar-refractivity contribution in [3.63, 3.8) is 0 Å². The molecule has 5 nitrogen and oxygen atoms in total. The van der Waals surface area contributed by atoms with E-state index in [-0.39, 0.29) is 0 Å². The summed E-state index contributed by atoms with van der Waals surface area (Å²) in [5, 5.41) is 17.9. The molecular formula is C14H23BO5. The normalized spacial score (nSPS) is 10.6. The van der Waals surface area contributed by atoms with Gasteiger partial charge in [-0.25, -0.2) is 0 Å². The summed E-state index contributed by atoms with van der Waals surface area (Å²) in [7, 11) is -1.44. The molecule has 0 aliphatic heterocycles. The Bertz CT molecular complexity index is 342. The van der Waals surface area contributed by atoms with Gasteiger partial charge in [-0.1, -0.05) is 25.5 Å². The zero-order valence-corrected chi connectivity index (χ0v) is 12.0. The molecule has 0 aromatic heterocycles. The van der Waals surface area contributed by atoms with Crippen LogP contribution in [-0.2, 0) is 9.47 Å². The van der Waals surface area contributed by atoms with Crippen LogP contribution in [0.5, 0.6) is 5.75 Å². The van der Waals surface area contributed by atoms with E-state index in [1.165, 1.54) is 0 Å². The van der Waals surface area contributed by atoms with E-state index >= 15 is 0 Å². The third-order valence-electron chi connectivity index (χ3n) is 2.69. The maximum absolute atomic E-state index is 8.95. The maximum Gasteiger partial charge on any atom is 0.488 e. The fraction of sp³-hybridized carbons (Fsp3) is 0.571. The summed E-state index contributed by atoms with van der Waals surface area (Å²) in [6, 6.07) is 6.62. The van der Waals surface area contributed by atoms with Crippen molar-refractivity contribution in [3.05, 3.63) is 24.3 Å². The molecule has 0 heterocycles. The Morgan fingerprint density at radius 2 is 1.50 bits per heavy atom. The fourth-order valence-corrected chi connectivity index (χ4v) is 1.52. The summed E-state index contributed by atoms with van der Waals surface area (Å²) in [6.07, 6.45) is 2.22. The van der Waals surface area contributed by atoms with Gasteiger partial charge in [-0.15, -0.1) is 0 Å². The Balaban J connectivity index is 2.01. The van der Waals surface area contributed by atoms with E-state index in [0.29, 0.717) is 37.6 Å². The highest BCUT2D eigenvalue weighted by Gasteiger charge is 2.09. The van der Waals surface area contributed by atoms with Crippen molar-refractivity contribution >= 4 is 12.6 Å². The first-order chi connectivity index (χ1) is 9.74. The second-order valence-electron chi connectivity index (χ2n) is 4.37. The first-order valence-electron chi connectivity index (χ1n) is 6.98. The van der Waals surface area contributed by atoms with Crippen LogP contribution < -0.4 is 10.2 Å². The molecule has 20 heavy (non-hydrogen) atoms. The largest absolute Gasteiger partial charge is 0.491 e. The molecule has 0 saturated heterocycles. The number of hydrogen-bond acceptors (Lipinski definition) is 5. The molecule has 0 bridgehead atoms. The van der Waals surface area contributed by atoms with Crippen LogP contribution in [0.15, 0.2) is 24.3 Å². The lowest BCUT2D eigenvalue weighted by Crippen LogP contribution is -2.29. The van der Waals surface area contributed by atoms with E-state index < -0.39 is 7.12 Å². The van der Waals surface area contributed by atoms with E-state index in [1.54, 1.807) is 24.3 Å². The molecule has 0 amide bonds. The monoisotopic (exact) mass is 282 g/mol. The summed E-state index contributed by atoms with van der Waals surface area (Å²) >= 11 is 0.